The third-order valence-corrected chi connectivity index (χ3v) is 6.55. The molecule has 0 bridgehead atoms. The van der Waals surface area contributed by atoms with E-state index in [0.29, 0.717) is 28.8 Å². The zero-order chi connectivity index (χ0) is 22.1. The number of nitrogens with two attached hydrogens (primary N) is 1. The van der Waals surface area contributed by atoms with E-state index in [0.717, 1.165) is 11.1 Å². The Morgan fingerprint density at radius 1 is 1.35 bits per heavy atom. The van der Waals surface area contributed by atoms with E-state index in [9.17, 15) is 19.1 Å². The van der Waals surface area contributed by atoms with Crippen molar-refractivity contribution in [2.24, 2.45) is 0 Å². The minimum absolute atomic E-state index is 0.0239. The van der Waals surface area contributed by atoms with Crippen molar-refractivity contribution < 1.29 is 19.0 Å². The van der Waals surface area contributed by atoms with Crippen LogP contribution in [0.3, 0.4) is 0 Å². The molecule has 0 spiro atoms. The first kappa shape index (κ1) is 20.3. The normalized spacial score (nSPS) is 19.2. The summed E-state index contributed by atoms with van der Waals surface area (Å²) in [6, 6.07) is 4.47. The number of rotatable bonds is 3. The number of nitrogen functional groups attached to an aromatic ring is 1. The summed E-state index contributed by atoms with van der Waals surface area (Å²) in [5, 5.41) is 11.7. The molecule has 160 valence electrons. The van der Waals surface area contributed by atoms with Gasteiger partial charge in [0, 0.05) is 52.0 Å². The average Bonchev–Trinajstić information content (AvgIpc) is 3.11. The van der Waals surface area contributed by atoms with Crippen LogP contribution in [0, 0.1) is 5.82 Å². The predicted molar refractivity (Wildman–Crippen MR) is 120 cm³/mol. The first-order valence-electron chi connectivity index (χ1n) is 9.71. The summed E-state index contributed by atoms with van der Waals surface area (Å²) in [4.78, 5) is 30.2. The molecule has 4 heterocycles. The van der Waals surface area contributed by atoms with Crippen molar-refractivity contribution in [3.8, 4) is 11.4 Å². The summed E-state index contributed by atoms with van der Waals surface area (Å²) in [6.45, 7) is 2.18. The molecule has 10 heteroatoms. The molecular weight excluding hydrogens is 518 g/mol. The van der Waals surface area contributed by atoms with Crippen LogP contribution >= 0.6 is 22.9 Å². The summed E-state index contributed by atoms with van der Waals surface area (Å²) in [6.07, 6.45) is 0.0637. The van der Waals surface area contributed by atoms with E-state index in [-0.39, 0.29) is 41.9 Å². The number of carbonyl (C=O) groups is 1. The second kappa shape index (κ2) is 6.97. The van der Waals surface area contributed by atoms with Crippen molar-refractivity contribution >= 4 is 45.4 Å². The summed E-state index contributed by atoms with van der Waals surface area (Å²) in [7, 11) is 0. The highest BCUT2D eigenvalue weighted by atomic mass is 127. The first-order chi connectivity index (χ1) is 14.8. The molecule has 1 aromatic carbocycles. The van der Waals surface area contributed by atoms with Crippen LogP contribution in [0.1, 0.15) is 35.6 Å². The Balaban J connectivity index is 1.84. The molecule has 8 nitrogen and oxygen atoms in total. The van der Waals surface area contributed by atoms with Crippen molar-refractivity contribution in [3.05, 3.63) is 56.6 Å². The Morgan fingerprint density at radius 3 is 2.84 bits per heavy atom. The van der Waals surface area contributed by atoms with Crippen LogP contribution in [0.25, 0.3) is 22.3 Å². The number of hydrogen-bond acceptors (Lipinski definition) is 7. The number of halogens is 2. The Bertz CT molecular complexity index is 1360. The Kier molecular flexibility index (Phi) is 4.57. The van der Waals surface area contributed by atoms with Crippen LogP contribution in [-0.2, 0) is 34.8 Å². The van der Waals surface area contributed by atoms with Gasteiger partial charge in [-0.05, 0) is 24.1 Å². The molecule has 2 aliphatic rings. The monoisotopic (exact) mass is 536 g/mol. The molecule has 0 fully saturated rings. The van der Waals surface area contributed by atoms with Crippen molar-refractivity contribution in [1.82, 2.24) is 13.1 Å². The number of anilines is 1. The molecule has 31 heavy (non-hydrogen) atoms. The number of nitrogens with one attached hydrogen (secondary N) is 1. The smallest absolute Gasteiger partial charge is 0.343 e. The van der Waals surface area contributed by atoms with Crippen molar-refractivity contribution in [1.29, 1.82) is 0 Å². The second-order valence-corrected chi connectivity index (χ2v) is 8.48. The molecule has 0 saturated carbocycles. The molecule has 1 atom stereocenters. The summed E-state index contributed by atoms with van der Waals surface area (Å²) < 4.78 is 23.9. The number of cyclic esters (lactones) is 1. The van der Waals surface area contributed by atoms with Gasteiger partial charge in [0.2, 0.25) is 0 Å². The molecule has 2 aliphatic heterocycles. The van der Waals surface area contributed by atoms with Gasteiger partial charge in [-0.15, -0.1) is 0 Å². The molecule has 5 rings (SSSR count). The van der Waals surface area contributed by atoms with Crippen molar-refractivity contribution in [2.45, 2.75) is 38.6 Å². The third-order valence-electron chi connectivity index (χ3n) is 6.17. The number of esters is 1. The van der Waals surface area contributed by atoms with Crippen LogP contribution in [-0.4, -0.2) is 20.6 Å². The van der Waals surface area contributed by atoms with Gasteiger partial charge in [0.15, 0.2) is 5.60 Å². The number of nitrogens with zero attached hydrogens (tertiary/aromatic N) is 2. The van der Waals surface area contributed by atoms with E-state index in [1.54, 1.807) is 23.6 Å². The quantitative estimate of drug-likeness (QED) is 0.159. The van der Waals surface area contributed by atoms with Gasteiger partial charge in [0.1, 0.15) is 12.4 Å². The molecule has 0 unspecified atom stereocenters. The third kappa shape index (κ3) is 2.74. The van der Waals surface area contributed by atoms with Gasteiger partial charge in [-0.25, -0.2) is 14.2 Å². The van der Waals surface area contributed by atoms with Gasteiger partial charge in [-0.2, -0.15) is 0 Å². The lowest BCUT2D eigenvalue weighted by Gasteiger charge is -2.31. The summed E-state index contributed by atoms with van der Waals surface area (Å²) in [5.74, 6) is -1.35. The SMILES string of the molecule is CC[C@@]1(O)C(=O)OCc2c1cc1n(c2=O)Cc2c-1nc1cc(F)c(N)cc1c2CNI. The largest absolute Gasteiger partial charge is 0.458 e. The number of aromatic nitrogens is 2. The number of aliphatic hydroxyl groups is 1. The lowest BCUT2D eigenvalue weighted by atomic mass is 9.86. The minimum atomic E-state index is -1.89. The zero-order valence-corrected chi connectivity index (χ0v) is 18.6. The highest BCUT2D eigenvalue weighted by Crippen LogP contribution is 2.40. The van der Waals surface area contributed by atoms with Crippen LogP contribution in [0.2, 0.25) is 0 Å². The van der Waals surface area contributed by atoms with Gasteiger partial charge < -0.3 is 20.1 Å². The molecule has 0 saturated heterocycles. The summed E-state index contributed by atoms with van der Waals surface area (Å²) >= 11 is 2.02. The minimum Gasteiger partial charge on any atom is -0.458 e. The van der Waals surface area contributed by atoms with Crippen molar-refractivity contribution in [3.63, 3.8) is 0 Å². The van der Waals surface area contributed by atoms with E-state index in [1.165, 1.54) is 6.07 Å². The van der Waals surface area contributed by atoms with Gasteiger partial charge in [-0.1, -0.05) is 6.92 Å². The standard InChI is InChI=1S/C21H18FIN4O4/c1-2-21(30)13-4-17-18-11(7-27(17)19(28)12(13)8-31-20(21)29)10(6-25-23)9-3-15(24)14(22)5-16(9)26-18/h3-5,25,30H,2,6-8,24H2,1H3/t21-/m0/s1. The first-order valence-corrected chi connectivity index (χ1v) is 10.8. The van der Waals surface area contributed by atoms with Gasteiger partial charge in [0.25, 0.3) is 5.56 Å². The fourth-order valence-corrected chi connectivity index (χ4v) is 4.85. The van der Waals surface area contributed by atoms with Crippen LogP contribution in [0.4, 0.5) is 10.1 Å². The van der Waals surface area contributed by atoms with Crippen molar-refractivity contribution in [2.75, 3.05) is 5.73 Å². The maximum Gasteiger partial charge on any atom is 0.343 e. The maximum atomic E-state index is 14.2. The highest BCUT2D eigenvalue weighted by molar-refractivity contribution is 14.1. The molecule has 3 aromatic rings. The number of fused-ring (bicyclic) bond motifs is 5. The Labute approximate surface area is 189 Å². The number of benzene rings is 1. The van der Waals surface area contributed by atoms with E-state index in [4.69, 9.17) is 10.5 Å². The molecule has 0 radical (unpaired) electrons. The maximum absolute atomic E-state index is 14.2. The molecular formula is C21H18FIN4O4. The molecule has 0 amide bonds. The van der Waals surface area contributed by atoms with Crippen LogP contribution < -0.4 is 14.8 Å². The predicted octanol–water partition coefficient (Wildman–Crippen LogP) is 2.24. The van der Waals surface area contributed by atoms with E-state index in [1.807, 2.05) is 22.9 Å². The fourth-order valence-electron chi connectivity index (χ4n) is 4.47. The summed E-state index contributed by atoms with van der Waals surface area (Å²) in [5.41, 5.74) is 7.18. The topological polar surface area (TPSA) is 119 Å². The lowest BCUT2D eigenvalue weighted by Crippen LogP contribution is -2.44. The number of carbonyl (C=O) groups excluding carboxylic acids is 1. The van der Waals surface area contributed by atoms with E-state index < -0.39 is 17.4 Å². The van der Waals surface area contributed by atoms with Gasteiger partial charge >= 0.3 is 5.97 Å². The Morgan fingerprint density at radius 2 is 2.13 bits per heavy atom. The van der Waals surface area contributed by atoms with Gasteiger partial charge in [0.05, 0.1) is 34.7 Å². The highest BCUT2D eigenvalue weighted by Gasteiger charge is 2.45. The van der Waals surface area contributed by atoms with E-state index in [2.05, 4.69) is 8.51 Å². The Hall–Kier alpha value is -2.57. The number of ether oxygens (including phenoxy) is 1. The molecule has 0 aliphatic carbocycles. The number of pyridine rings is 2. The fraction of sp³-hybridized carbons (Fsp3) is 0.286. The van der Waals surface area contributed by atoms with Crippen LogP contribution in [0.5, 0.6) is 0 Å². The molecule has 2 aromatic heterocycles. The zero-order valence-electron chi connectivity index (χ0n) is 16.5. The van der Waals surface area contributed by atoms with E-state index >= 15 is 0 Å². The number of hydrogen-bond donors (Lipinski definition) is 3. The average molecular weight is 536 g/mol. The van der Waals surface area contributed by atoms with Gasteiger partial charge in [-0.3, -0.25) is 8.32 Å². The molecule has 4 N–H and O–H groups in total. The van der Waals surface area contributed by atoms with Crippen LogP contribution in [0.15, 0.2) is 23.0 Å². The lowest BCUT2D eigenvalue weighted by molar-refractivity contribution is -0.172. The second-order valence-electron chi connectivity index (χ2n) is 7.72.